The van der Waals surface area contributed by atoms with E-state index in [1.165, 1.54) is 12.2 Å². The highest BCUT2D eigenvalue weighted by atomic mass is 19.1. The molecule has 0 bridgehead atoms. The fourth-order valence-electron chi connectivity index (χ4n) is 1.57. The predicted molar refractivity (Wildman–Crippen MR) is 48.1 cm³/mol. The topological polar surface area (TPSA) is 47.6 Å². The van der Waals surface area contributed by atoms with Gasteiger partial charge in [0.1, 0.15) is 18.6 Å². The molecular formula is C9H10F2N2O. The van der Waals surface area contributed by atoms with Crippen LogP contribution in [0.15, 0.2) is 29.0 Å². The maximum Gasteiger partial charge on any atom is 0.282 e. The highest BCUT2D eigenvalue weighted by Gasteiger charge is 2.32. The van der Waals surface area contributed by atoms with Crippen molar-refractivity contribution in [3.8, 4) is 0 Å². The van der Waals surface area contributed by atoms with E-state index < -0.39 is 17.9 Å². The molecule has 1 heterocycles. The van der Waals surface area contributed by atoms with Gasteiger partial charge in [-0.1, -0.05) is 6.08 Å². The van der Waals surface area contributed by atoms with E-state index in [0.29, 0.717) is 0 Å². The van der Waals surface area contributed by atoms with E-state index in [9.17, 15) is 8.78 Å². The minimum atomic E-state index is -1.36. The third kappa shape index (κ3) is 1.62. The van der Waals surface area contributed by atoms with Gasteiger partial charge >= 0.3 is 0 Å². The van der Waals surface area contributed by atoms with E-state index in [-0.39, 0.29) is 18.7 Å². The van der Waals surface area contributed by atoms with Crippen LogP contribution in [0.25, 0.3) is 0 Å². The van der Waals surface area contributed by atoms with Crippen molar-refractivity contribution in [1.29, 1.82) is 0 Å². The Labute approximate surface area is 79.9 Å². The van der Waals surface area contributed by atoms with Gasteiger partial charge < -0.3 is 10.5 Å². The third-order valence-corrected chi connectivity index (χ3v) is 2.30. The van der Waals surface area contributed by atoms with Crippen molar-refractivity contribution in [3.63, 3.8) is 0 Å². The normalized spacial score (nSPS) is 36.3. The van der Waals surface area contributed by atoms with E-state index in [2.05, 4.69) is 4.99 Å². The smallest absolute Gasteiger partial charge is 0.282 e. The van der Waals surface area contributed by atoms with Crippen molar-refractivity contribution in [1.82, 2.24) is 0 Å². The summed E-state index contributed by atoms with van der Waals surface area (Å²) < 4.78 is 30.9. The molecule has 3 nitrogen and oxygen atoms in total. The number of aliphatic imine (C=N–C) groups is 1. The molecule has 3 atom stereocenters. The second-order valence-corrected chi connectivity index (χ2v) is 3.28. The molecule has 2 N–H and O–H groups in total. The van der Waals surface area contributed by atoms with Crippen molar-refractivity contribution < 1.29 is 13.5 Å². The van der Waals surface area contributed by atoms with Crippen LogP contribution in [0, 0.1) is 5.92 Å². The summed E-state index contributed by atoms with van der Waals surface area (Å²) in [5.41, 5.74) is 5.30. The lowest BCUT2D eigenvalue weighted by atomic mass is 9.92. The number of amidine groups is 1. The molecule has 1 aliphatic carbocycles. The molecule has 1 aliphatic heterocycles. The van der Waals surface area contributed by atoms with Crippen LogP contribution in [0.5, 0.6) is 0 Å². The Morgan fingerprint density at radius 3 is 2.93 bits per heavy atom. The van der Waals surface area contributed by atoms with Crippen LogP contribution in [0.4, 0.5) is 8.78 Å². The molecule has 0 aromatic heterocycles. The molecule has 2 aliphatic rings. The Kier molecular flexibility index (Phi) is 2.23. The molecule has 0 radical (unpaired) electrons. The van der Waals surface area contributed by atoms with Crippen molar-refractivity contribution in [2.45, 2.75) is 12.2 Å². The zero-order chi connectivity index (χ0) is 10.1. The number of halogens is 2. The van der Waals surface area contributed by atoms with Gasteiger partial charge in [0.2, 0.25) is 0 Å². The van der Waals surface area contributed by atoms with Gasteiger partial charge in [0.25, 0.3) is 6.02 Å². The van der Waals surface area contributed by atoms with Crippen molar-refractivity contribution in [2.75, 3.05) is 6.61 Å². The van der Waals surface area contributed by atoms with E-state index in [0.717, 1.165) is 6.08 Å². The first-order valence-corrected chi connectivity index (χ1v) is 4.32. The number of alkyl halides is 1. The molecule has 0 spiro atoms. The van der Waals surface area contributed by atoms with Crippen LogP contribution in [-0.4, -0.2) is 24.8 Å². The summed E-state index contributed by atoms with van der Waals surface area (Å²) in [6.07, 6.45) is 2.29. The van der Waals surface area contributed by atoms with Crippen molar-refractivity contribution in [2.24, 2.45) is 16.6 Å². The summed E-state index contributed by atoms with van der Waals surface area (Å²) in [4.78, 5) is 3.92. The average Bonchev–Trinajstić information content (AvgIpc) is 2.51. The van der Waals surface area contributed by atoms with E-state index in [4.69, 9.17) is 10.5 Å². The molecule has 0 fully saturated rings. The Balaban J connectivity index is 2.10. The number of ether oxygens (including phenoxy) is 1. The number of rotatable bonds is 1. The molecule has 14 heavy (non-hydrogen) atoms. The highest BCUT2D eigenvalue weighted by molar-refractivity contribution is 5.73. The Hall–Kier alpha value is -1.39. The zero-order valence-electron chi connectivity index (χ0n) is 7.36. The van der Waals surface area contributed by atoms with Crippen LogP contribution in [0.2, 0.25) is 0 Å². The van der Waals surface area contributed by atoms with Gasteiger partial charge in [0, 0.05) is 5.92 Å². The number of nitrogens with two attached hydrogens (primary N) is 1. The molecule has 5 heteroatoms. The molecule has 0 aromatic rings. The van der Waals surface area contributed by atoms with Crippen LogP contribution in [-0.2, 0) is 4.74 Å². The first kappa shape index (κ1) is 9.18. The third-order valence-electron chi connectivity index (χ3n) is 2.30. The molecule has 0 aromatic carbocycles. The van der Waals surface area contributed by atoms with Crippen molar-refractivity contribution >= 4 is 6.02 Å². The summed E-state index contributed by atoms with van der Waals surface area (Å²) in [7, 11) is 0. The number of hydrogen-bond acceptors (Lipinski definition) is 3. The predicted octanol–water partition coefficient (Wildman–Crippen LogP) is 1.08. The summed E-state index contributed by atoms with van der Waals surface area (Å²) in [6.45, 7) is 0.261. The van der Waals surface area contributed by atoms with Crippen LogP contribution < -0.4 is 5.73 Å². The van der Waals surface area contributed by atoms with Crippen LogP contribution >= 0.6 is 0 Å². The standard InChI is InChI=1S/C9H10F2N2O/c10-5-1-2-6(7(11)3-5)8-4-14-9(12)13-8/h1-3,6-8H,4H2,(H2,12,13)/t6?,7?,8-/m0/s1. The quantitative estimate of drug-likeness (QED) is 0.688. The summed E-state index contributed by atoms with van der Waals surface area (Å²) >= 11 is 0. The van der Waals surface area contributed by atoms with Gasteiger partial charge in [-0.3, -0.25) is 0 Å². The lowest BCUT2D eigenvalue weighted by molar-refractivity contribution is 0.234. The number of allylic oxidation sites excluding steroid dienone is 3. The second-order valence-electron chi connectivity index (χ2n) is 3.28. The Bertz CT molecular complexity index is 325. The summed E-state index contributed by atoms with van der Waals surface area (Å²) in [5.74, 6) is -1.03. The van der Waals surface area contributed by atoms with Gasteiger partial charge in [0.15, 0.2) is 0 Å². The monoisotopic (exact) mass is 200 g/mol. The second kappa shape index (κ2) is 3.40. The van der Waals surface area contributed by atoms with Crippen molar-refractivity contribution in [3.05, 3.63) is 24.1 Å². The Morgan fingerprint density at radius 1 is 1.57 bits per heavy atom. The summed E-state index contributed by atoms with van der Waals surface area (Å²) in [6, 6.07) is -0.267. The highest BCUT2D eigenvalue weighted by Crippen LogP contribution is 2.26. The first-order valence-electron chi connectivity index (χ1n) is 4.32. The molecule has 0 amide bonds. The first-order chi connectivity index (χ1) is 6.66. The zero-order valence-corrected chi connectivity index (χ0v) is 7.36. The van der Waals surface area contributed by atoms with Gasteiger partial charge in [-0.05, 0) is 12.2 Å². The minimum Gasteiger partial charge on any atom is -0.463 e. The van der Waals surface area contributed by atoms with Gasteiger partial charge in [-0.2, -0.15) is 0 Å². The number of nitrogens with zero attached hydrogens (tertiary/aromatic N) is 1. The fraction of sp³-hybridized carbons (Fsp3) is 0.444. The molecule has 0 saturated carbocycles. The average molecular weight is 200 g/mol. The van der Waals surface area contributed by atoms with Gasteiger partial charge in [-0.15, -0.1) is 0 Å². The van der Waals surface area contributed by atoms with Crippen LogP contribution in [0.1, 0.15) is 0 Å². The summed E-state index contributed by atoms with van der Waals surface area (Å²) in [5, 5.41) is 0. The lowest BCUT2D eigenvalue weighted by Crippen LogP contribution is -2.27. The maximum absolute atomic E-state index is 13.3. The molecule has 76 valence electrons. The van der Waals surface area contributed by atoms with Gasteiger partial charge in [0.05, 0.1) is 6.04 Å². The SMILES string of the molecule is NC1=N[C@H](C2C=CC(F)=CC2F)CO1. The molecule has 0 saturated heterocycles. The Morgan fingerprint density at radius 2 is 2.36 bits per heavy atom. The fourth-order valence-corrected chi connectivity index (χ4v) is 1.57. The largest absolute Gasteiger partial charge is 0.463 e. The van der Waals surface area contributed by atoms with E-state index >= 15 is 0 Å². The minimum absolute atomic E-state index is 0.0747. The number of hydrogen-bond donors (Lipinski definition) is 1. The van der Waals surface area contributed by atoms with E-state index in [1.54, 1.807) is 0 Å². The van der Waals surface area contributed by atoms with Crippen LogP contribution in [0.3, 0.4) is 0 Å². The van der Waals surface area contributed by atoms with Gasteiger partial charge in [-0.25, -0.2) is 13.8 Å². The molecule has 2 unspecified atom stereocenters. The van der Waals surface area contributed by atoms with E-state index in [1.807, 2.05) is 0 Å². The molecule has 2 rings (SSSR count). The maximum atomic E-state index is 13.3. The molecular weight excluding hydrogens is 190 g/mol. The lowest BCUT2D eigenvalue weighted by Gasteiger charge is -2.20.